The smallest absolute Gasteiger partial charge is 0.319 e. The topological polar surface area (TPSA) is 112 Å². The van der Waals surface area contributed by atoms with Gasteiger partial charge in [0, 0.05) is 25.7 Å². The van der Waals surface area contributed by atoms with Crippen molar-refractivity contribution >= 4 is 17.6 Å². The van der Waals surface area contributed by atoms with Crippen molar-refractivity contribution in [3.05, 3.63) is 29.8 Å². The molecule has 9 nitrogen and oxygen atoms in total. The van der Waals surface area contributed by atoms with Gasteiger partial charge in [-0.25, -0.2) is 13.6 Å². The van der Waals surface area contributed by atoms with Crippen LogP contribution in [0.4, 0.5) is 19.3 Å². The van der Waals surface area contributed by atoms with E-state index < -0.39 is 29.8 Å². The molecule has 4 N–H and O–H groups in total. The van der Waals surface area contributed by atoms with Gasteiger partial charge in [0.2, 0.25) is 5.91 Å². The number of halogens is 2. The van der Waals surface area contributed by atoms with Crippen LogP contribution in [-0.4, -0.2) is 86.2 Å². The normalized spacial score (nSPS) is 23.7. The lowest BCUT2D eigenvalue weighted by Gasteiger charge is -2.36. The molecule has 0 spiro atoms. The summed E-state index contributed by atoms with van der Waals surface area (Å²) in [7, 11) is 0. The Bertz CT molecular complexity index is 794. The van der Waals surface area contributed by atoms with Gasteiger partial charge in [-0.15, -0.1) is 0 Å². The van der Waals surface area contributed by atoms with E-state index >= 15 is 0 Å². The molecule has 2 fully saturated rings. The fourth-order valence-corrected chi connectivity index (χ4v) is 4.00. The minimum absolute atomic E-state index is 0.121. The second-order valence-corrected chi connectivity index (χ2v) is 8.25. The van der Waals surface area contributed by atoms with Crippen LogP contribution in [0.3, 0.4) is 0 Å². The first-order valence-corrected chi connectivity index (χ1v) is 11.3. The second kappa shape index (κ2) is 12.8. The number of amides is 3. The molecule has 2 aliphatic rings. The summed E-state index contributed by atoms with van der Waals surface area (Å²) in [6.07, 6.45) is 0.922. The van der Waals surface area contributed by atoms with E-state index in [0.29, 0.717) is 19.4 Å². The van der Waals surface area contributed by atoms with Gasteiger partial charge in [0.05, 0.1) is 44.1 Å². The zero-order chi connectivity index (χ0) is 23.6. The number of anilines is 1. The molecule has 2 saturated heterocycles. The zero-order valence-electron chi connectivity index (χ0n) is 18.5. The molecule has 184 valence electrons. The number of aliphatic hydroxyl groups excluding tert-OH is 1. The van der Waals surface area contributed by atoms with E-state index in [-0.39, 0.29) is 30.7 Å². The Morgan fingerprint density at radius 3 is 2.73 bits per heavy atom. The maximum absolute atomic E-state index is 13.7. The zero-order valence-corrected chi connectivity index (χ0v) is 18.5. The number of nitrogens with one attached hydrogen (secondary N) is 3. The van der Waals surface area contributed by atoms with Gasteiger partial charge in [-0.2, -0.15) is 0 Å². The largest absolute Gasteiger partial charge is 0.394 e. The highest BCUT2D eigenvalue weighted by Gasteiger charge is 2.33. The predicted molar refractivity (Wildman–Crippen MR) is 117 cm³/mol. The van der Waals surface area contributed by atoms with Crippen molar-refractivity contribution < 1.29 is 33.0 Å². The summed E-state index contributed by atoms with van der Waals surface area (Å²) in [4.78, 5) is 26.8. The van der Waals surface area contributed by atoms with Gasteiger partial charge in [0.25, 0.3) is 0 Å². The first-order valence-electron chi connectivity index (χ1n) is 11.3. The molecule has 2 heterocycles. The Morgan fingerprint density at radius 2 is 1.97 bits per heavy atom. The molecule has 0 unspecified atom stereocenters. The minimum atomic E-state index is -0.763. The van der Waals surface area contributed by atoms with Gasteiger partial charge in [-0.3, -0.25) is 9.69 Å². The Kier molecular flexibility index (Phi) is 9.79. The molecule has 3 rings (SSSR count). The highest BCUT2D eigenvalue weighted by atomic mass is 19.1. The standard InChI is InChI=1S/C22H32F2N4O5/c23-15-2-4-17(24)19(12-15)27-22(31)26-18-5-3-16(33-20(18)14-29)13-21(30)25-6-1-7-28-8-10-32-11-9-28/h2,4,12,16,18,20,29H,1,3,5-11,13-14H2,(H,25,30)(H2,26,27,31)/t16-,18-,20+/m0/s1. The van der Waals surface area contributed by atoms with Crippen LogP contribution in [0.1, 0.15) is 25.7 Å². The summed E-state index contributed by atoms with van der Waals surface area (Å²) in [6.45, 7) is 4.45. The lowest BCUT2D eigenvalue weighted by atomic mass is 9.97. The molecule has 0 aliphatic carbocycles. The summed E-state index contributed by atoms with van der Waals surface area (Å²) in [6, 6.07) is 1.49. The number of benzene rings is 1. The number of morpholine rings is 1. The Balaban J connectivity index is 1.37. The average Bonchev–Trinajstić information content (AvgIpc) is 2.81. The van der Waals surface area contributed by atoms with Crippen molar-refractivity contribution in [1.82, 2.24) is 15.5 Å². The number of ether oxygens (including phenoxy) is 2. The molecule has 0 aromatic heterocycles. The summed E-state index contributed by atoms with van der Waals surface area (Å²) in [5.41, 5.74) is -0.284. The number of hydrogen-bond donors (Lipinski definition) is 4. The van der Waals surface area contributed by atoms with E-state index in [0.717, 1.165) is 57.5 Å². The summed E-state index contributed by atoms with van der Waals surface area (Å²) < 4.78 is 38.1. The van der Waals surface area contributed by atoms with Crippen molar-refractivity contribution in [2.75, 3.05) is 51.3 Å². The van der Waals surface area contributed by atoms with E-state index in [9.17, 15) is 23.5 Å². The van der Waals surface area contributed by atoms with Gasteiger partial charge in [-0.05, 0) is 37.9 Å². The lowest BCUT2D eigenvalue weighted by Crippen LogP contribution is -2.52. The molecule has 33 heavy (non-hydrogen) atoms. The molecule has 2 aliphatic heterocycles. The molecule has 3 atom stereocenters. The van der Waals surface area contributed by atoms with Crippen LogP contribution < -0.4 is 16.0 Å². The quantitative estimate of drug-likeness (QED) is 0.404. The molecule has 1 aromatic rings. The van der Waals surface area contributed by atoms with Crippen LogP contribution in [0, 0.1) is 11.6 Å². The average molecular weight is 471 g/mol. The molecular weight excluding hydrogens is 438 g/mol. The van der Waals surface area contributed by atoms with Gasteiger partial charge in [0.1, 0.15) is 17.7 Å². The maximum atomic E-state index is 13.7. The number of carbonyl (C=O) groups is 2. The Morgan fingerprint density at radius 1 is 1.18 bits per heavy atom. The SMILES string of the molecule is O=C(C[C@@H]1CC[C@H](NC(=O)Nc2cc(F)ccc2F)[C@@H](CO)O1)NCCCN1CCOCC1. The summed E-state index contributed by atoms with van der Waals surface area (Å²) in [5, 5.41) is 17.5. The van der Waals surface area contributed by atoms with Gasteiger partial charge in [0.15, 0.2) is 0 Å². The number of rotatable bonds is 9. The first-order chi connectivity index (χ1) is 15.9. The fourth-order valence-electron chi connectivity index (χ4n) is 4.00. The van der Waals surface area contributed by atoms with E-state index in [1.54, 1.807) is 0 Å². The third-order valence-electron chi connectivity index (χ3n) is 5.78. The number of carbonyl (C=O) groups excluding carboxylic acids is 2. The summed E-state index contributed by atoms with van der Waals surface area (Å²) >= 11 is 0. The van der Waals surface area contributed by atoms with E-state index in [2.05, 4.69) is 20.9 Å². The number of urea groups is 1. The molecule has 0 bridgehead atoms. The Hall–Kier alpha value is -2.34. The molecule has 0 saturated carbocycles. The molecular formula is C22H32F2N4O5. The maximum Gasteiger partial charge on any atom is 0.319 e. The van der Waals surface area contributed by atoms with Crippen molar-refractivity contribution in [1.29, 1.82) is 0 Å². The van der Waals surface area contributed by atoms with Crippen molar-refractivity contribution in [2.24, 2.45) is 0 Å². The lowest BCUT2D eigenvalue weighted by molar-refractivity contribution is -0.130. The van der Waals surface area contributed by atoms with Crippen LogP contribution in [0.15, 0.2) is 18.2 Å². The molecule has 11 heteroatoms. The molecule has 0 radical (unpaired) electrons. The minimum Gasteiger partial charge on any atom is -0.394 e. The number of nitrogens with zero attached hydrogens (tertiary/aromatic N) is 1. The molecule has 3 amide bonds. The van der Waals surface area contributed by atoms with Crippen LogP contribution in [0.2, 0.25) is 0 Å². The van der Waals surface area contributed by atoms with E-state index in [1.165, 1.54) is 0 Å². The number of hydrogen-bond acceptors (Lipinski definition) is 6. The predicted octanol–water partition coefficient (Wildman–Crippen LogP) is 1.22. The van der Waals surface area contributed by atoms with E-state index in [1.807, 2.05) is 0 Å². The van der Waals surface area contributed by atoms with Crippen LogP contribution in [0.5, 0.6) is 0 Å². The van der Waals surface area contributed by atoms with Gasteiger partial charge >= 0.3 is 6.03 Å². The van der Waals surface area contributed by atoms with Gasteiger partial charge in [-0.1, -0.05) is 0 Å². The van der Waals surface area contributed by atoms with Crippen molar-refractivity contribution in [3.8, 4) is 0 Å². The van der Waals surface area contributed by atoms with E-state index in [4.69, 9.17) is 9.47 Å². The fraction of sp³-hybridized carbons (Fsp3) is 0.636. The third-order valence-corrected chi connectivity index (χ3v) is 5.78. The first kappa shape index (κ1) is 25.3. The van der Waals surface area contributed by atoms with Crippen LogP contribution >= 0.6 is 0 Å². The highest BCUT2D eigenvalue weighted by molar-refractivity contribution is 5.89. The van der Waals surface area contributed by atoms with Crippen LogP contribution in [-0.2, 0) is 14.3 Å². The van der Waals surface area contributed by atoms with Crippen molar-refractivity contribution in [3.63, 3.8) is 0 Å². The van der Waals surface area contributed by atoms with Crippen molar-refractivity contribution in [2.45, 2.75) is 43.9 Å². The monoisotopic (exact) mass is 470 g/mol. The Labute approximate surface area is 191 Å². The number of aliphatic hydroxyl groups is 1. The summed E-state index contributed by atoms with van der Waals surface area (Å²) in [5.74, 6) is -1.56. The third kappa shape index (κ3) is 8.18. The van der Waals surface area contributed by atoms with Gasteiger partial charge < -0.3 is 30.5 Å². The van der Waals surface area contributed by atoms with Crippen LogP contribution in [0.25, 0.3) is 0 Å². The molecule has 1 aromatic carbocycles. The second-order valence-electron chi connectivity index (χ2n) is 8.25. The highest BCUT2D eigenvalue weighted by Crippen LogP contribution is 2.22.